The molecule has 0 spiro atoms. The molecule has 1 fully saturated rings. The average molecular weight is 278 g/mol. The first-order valence-electron chi connectivity index (χ1n) is 7.19. The van der Waals surface area contributed by atoms with E-state index in [4.69, 9.17) is 11.0 Å². The van der Waals surface area contributed by atoms with Crippen LogP contribution in [0.5, 0.6) is 0 Å². The van der Waals surface area contributed by atoms with Crippen LogP contribution in [0.4, 0.5) is 5.69 Å². The minimum Gasteiger partial charge on any atom is -0.399 e. The number of aromatic nitrogens is 1. The normalized spacial score (nSPS) is 14.1. The van der Waals surface area contributed by atoms with Gasteiger partial charge in [-0.25, -0.2) is 4.98 Å². The molecule has 1 aliphatic carbocycles. The van der Waals surface area contributed by atoms with Crippen LogP contribution in [0.2, 0.25) is 0 Å². The first-order chi connectivity index (χ1) is 10.3. The number of pyridine rings is 1. The highest BCUT2D eigenvalue weighted by atomic mass is 15.2. The van der Waals surface area contributed by atoms with Crippen molar-refractivity contribution in [2.24, 2.45) is 0 Å². The number of nitrogen functional groups attached to an aromatic ring is 1. The van der Waals surface area contributed by atoms with E-state index < -0.39 is 0 Å². The molecule has 0 amide bonds. The van der Waals surface area contributed by atoms with Crippen LogP contribution in [0, 0.1) is 11.3 Å². The minimum absolute atomic E-state index is 0.524. The lowest BCUT2D eigenvalue weighted by molar-refractivity contribution is 0.245. The molecule has 1 saturated carbocycles. The molecule has 21 heavy (non-hydrogen) atoms. The van der Waals surface area contributed by atoms with Gasteiger partial charge < -0.3 is 5.73 Å². The summed E-state index contributed by atoms with van der Waals surface area (Å²) in [4.78, 5) is 6.55. The monoisotopic (exact) mass is 278 g/mol. The molecule has 0 radical (unpaired) electrons. The van der Waals surface area contributed by atoms with Gasteiger partial charge in [-0.05, 0) is 36.6 Å². The van der Waals surface area contributed by atoms with Gasteiger partial charge in [-0.3, -0.25) is 4.90 Å². The second-order valence-corrected chi connectivity index (χ2v) is 5.50. The molecule has 3 rings (SSSR count). The van der Waals surface area contributed by atoms with E-state index in [1.54, 1.807) is 6.20 Å². The molecular formula is C17H18N4. The van der Waals surface area contributed by atoms with Crippen LogP contribution >= 0.6 is 0 Å². The Hall–Kier alpha value is -2.38. The van der Waals surface area contributed by atoms with Gasteiger partial charge in [-0.1, -0.05) is 18.2 Å². The first-order valence-corrected chi connectivity index (χ1v) is 7.19. The predicted octanol–water partition coefficient (Wildman–Crippen LogP) is 2.70. The fourth-order valence-corrected chi connectivity index (χ4v) is 2.57. The van der Waals surface area contributed by atoms with Gasteiger partial charge in [0.25, 0.3) is 0 Å². The molecule has 0 bridgehead atoms. The van der Waals surface area contributed by atoms with E-state index in [1.165, 1.54) is 18.4 Å². The number of hydrogen-bond acceptors (Lipinski definition) is 4. The highest BCUT2D eigenvalue weighted by Crippen LogP contribution is 2.30. The molecule has 2 aromatic rings. The van der Waals surface area contributed by atoms with E-state index in [-0.39, 0.29) is 0 Å². The summed E-state index contributed by atoms with van der Waals surface area (Å²) in [6.07, 6.45) is 4.12. The molecule has 2 N–H and O–H groups in total. The van der Waals surface area contributed by atoms with Crippen LogP contribution in [0.15, 0.2) is 42.6 Å². The summed E-state index contributed by atoms with van der Waals surface area (Å²) in [7, 11) is 0. The molecule has 1 heterocycles. The van der Waals surface area contributed by atoms with Crippen LogP contribution in [0.1, 0.15) is 29.7 Å². The van der Waals surface area contributed by atoms with Gasteiger partial charge in [0, 0.05) is 36.6 Å². The molecule has 0 aliphatic heterocycles. The Labute approximate surface area is 124 Å². The summed E-state index contributed by atoms with van der Waals surface area (Å²) in [5, 5.41) is 9.16. The van der Waals surface area contributed by atoms with Crippen molar-refractivity contribution in [3.8, 4) is 6.07 Å². The van der Waals surface area contributed by atoms with Crippen molar-refractivity contribution in [3.63, 3.8) is 0 Å². The lowest BCUT2D eigenvalue weighted by atomic mass is 10.1. The van der Waals surface area contributed by atoms with Crippen LogP contribution in [-0.4, -0.2) is 15.9 Å². The van der Waals surface area contributed by atoms with Crippen LogP contribution in [-0.2, 0) is 13.1 Å². The fourth-order valence-electron chi connectivity index (χ4n) is 2.57. The molecule has 1 aliphatic rings. The summed E-state index contributed by atoms with van der Waals surface area (Å²) in [5.41, 5.74) is 9.38. The highest BCUT2D eigenvalue weighted by molar-refractivity contribution is 5.40. The molecule has 1 aromatic carbocycles. The van der Waals surface area contributed by atoms with E-state index in [9.17, 15) is 0 Å². The molecule has 0 saturated heterocycles. The van der Waals surface area contributed by atoms with Gasteiger partial charge in [0.05, 0.1) is 0 Å². The van der Waals surface area contributed by atoms with E-state index >= 15 is 0 Å². The lowest BCUT2D eigenvalue weighted by Crippen LogP contribution is -2.25. The van der Waals surface area contributed by atoms with Crippen molar-refractivity contribution in [1.29, 1.82) is 5.26 Å². The SMILES string of the molecule is N#Cc1ncccc1CN(Cc1cccc(N)c1)C1CC1. The van der Waals surface area contributed by atoms with E-state index in [2.05, 4.69) is 22.0 Å². The van der Waals surface area contributed by atoms with Crippen molar-refractivity contribution < 1.29 is 0 Å². The number of rotatable bonds is 5. The van der Waals surface area contributed by atoms with Crippen molar-refractivity contribution in [3.05, 3.63) is 59.4 Å². The van der Waals surface area contributed by atoms with Crippen molar-refractivity contribution in [2.45, 2.75) is 32.0 Å². The first kappa shape index (κ1) is 13.6. The number of nitrogens with zero attached hydrogens (tertiary/aromatic N) is 3. The Morgan fingerprint density at radius 2 is 2.10 bits per heavy atom. The smallest absolute Gasteiger partial charge is 0.144 e. The zero-order valence-corrected chi connectivity index (χ0v) is 11.9. The fraction of sp³-hybridized carbons (Fsp3) is 0.294. The Morgan fingerprint density at radius 1 is 1.24 bits per heavy atom. The molecular weight excluding hydrogens is 260 g/mol. The summed E-state index contributed by atoms with van der Waals surface area (Å²) >= 11 is 0. The van der Waals surface area contributed by atoms with Crippen LogP contribution in [0.3, 0.4) is 0 Å². The van der Waals surface area contributed by atoms with Gasteiger partial charge in [0.2, 0.25) is 0 Å². The molecule has 0 unspecified atom stereocenters. The third kappa shape index (κ3) is 3.39. The zero-order chi connectivity index (χ0) is 14.7. The molecule has 106 valence electrons. The minimum atomic E-state index is 0.524. The second-order valence-electron chi connectivity index (χ2n) is 5.50. The number of benzene rings is 1. The van der Waals surface area contributed by atoms with Gasteiger partial charge >= 0.3 is 0 Å². The summed E-state index contributed by atoms with van der Waals surface area (Å²) in [5.74, 6) is 0. The van der Waals surface area contributed by atoms with Crippen molar-refractivity contribution in [2.75, 3.05) is 5.73 Å². The van der Waals surface area contributed by atoms with E-state index in [1.807, 2.05) is 30.3 Å². The largest absolute Gasteiger partial charge is 0.399 e. The number of nitriles is 1. The maximum atomic E-state index is 9.16. The maximum Gasteiger partial charge on any atom is 0.144 e. The third-order valence-corrected chi connectivity index (χ3v) is 3.77. The number of nitrogens with two attached hydrogens (primary N) is 1. The summed E-state index contributed by atoms with van der Waals surface area (Å²) in [6.45, 7) is 1.62. The summed E-state index contributed by atoms with van der Waals surface area (Å²) in [6, 6.07) is 14.7. The molecule has 1 aromatic heterocycles. The summed E-state index contributed by atoms with van der Waals surface area (Å²) < 4.78 is 0. The lowest BCUT2D eigenvalue weighted by Gasteiger charge is -2.22. The average Bonchev–Trinajstić information content (AvgIpc) is 3.32. The third-order valence-electron chi connectivity index (χ3n) is 3.77. The standard InChI is InChI=1S/C17H18N4/c18-10-17-14(4-2-8-20-17)12-21(16-6-7-16)11-13-3-1-5-15(19)9-13/h1-5,8-9,16H,6-7,11-12,19H2. The Bertz CT molecular complexity index is 670. The molecule has 0 atom stereocenters. The molecule has 4 nitrogen and oxygen atoms in total. The Kier molecular flexibility index (Phi) is 3.85. The van der Waals surface area contributed by atoms with E-state index in [0.29, 0.717) is 11.7 Å². The Morgan fingerprint density at radius 3 is 2.81 bits per heavy atom. The predicted molar refractivity (Wildman–Crippen MR) is 82.1 cm³/mol. The zero-order valence-electron chi connectivity index (χ0n) is 11.9. The van der Waals surface area contributed by atoms with Gasteiger partial charge in [-0.2, -0.15) is 5.26 Å². The van der Waals surface area contributed by atoms with Crippen LogP contribution < -0.4 is 5.73 Å². The second kappa shape index (κ2) is 5.94. The van der Waals surface area contributed by atoms with Gasteiger partial charge in [0.1, 0.15) is 11.8 Å². The van der Waals surface area contributed by atoms with Gasteiger partial charge in [-0.15, -0.1) is 0 Å². The number of hydrogen-bond donors (Lipinski definition) is 1. The highest BCUT2D eigenvalue weighted by Gasteiger charge is 2.29. The quantitative estimate of drug-likeness (QED) is 0.854. The van der Waals surface area contributed by atoms with Crippen molar-refractivity contribution in [1.82, 2.24) is 9.88 Å². The van der Waals surface area contributed by atoms with Crippen LogP contribution in [0.25, 0.3) is 0 Å². The topological polar surface area (TPSA) is 65.9 Å². The van der Waals surface area contributed by atoms with Crippen molar-refractivity contribution >= 4 is 5.69 Å². The van der Waals surface area contributed by atoms with Gasteiger partial charge in [0.15, 0.2) is 0 Å². The van der Waals surface area contributed by atoms with E-state index in [0.717, 1.165) is 24.3 Å². The number of anilines is 1. The maximum absolute atomic E-state index is 9.16. The Balaban J connectivity index is 1.78. The molecule has 4 heteroatoms.